The Morgan fingerprint density at radius 1 is 1.36 bits per heavy atom. The molecule has 0 atom stereocenters. The summed E-state index contributed by atoms with van der Waals surface area (Å²) in [5.41, 5.74) is 1.21. The number of nitro benzene ring substituents is 1. The number of anilines is 2. The van der Waals surface area contributed by atoms with Gasteiger partial charge in [-0.3, -0.25) is 10.1 Å². The van der Waals surface area contributed by atoms with Gasteiger partial charge in [0.2, 0.25) is 5.89 Å². The normalized spacial score (nSPS) is 10.5. The minimum Gasteiger partial charge on any atom is -0.444 e. The monoisotopic (exact) mass is 306 g/mol. The van der Waals surface area contributed by atoms with Crippen LogP contribution in [0.1, 0.15) is 18.6 Å². The fourth-order valence-electron chi connectivity index (χ4n) is 1.90. The van der Waals surface area contributed by atoms with Crippen molar-refractivity contribution in [3.05, 3.63) is 46.2 Å². The molecule has 0 aliphatic carbocycles. The largest absolute Gasteiger partial charge is 0.444 e. The number of rotatable bonds is 8. The van der Waals surface area contributed by atoms with E-state index < -0.39 is 4.92 Å². The van der Waals surface area contributed by atoms with Gasteiger partial charge in [0.05, 0.1) is 35.6 Å². The molecule has 0 saturated carbocycles. The standard InChI is InChI=1S/C14H18N4O4/c1-2-11-8-17-14(22-11)9-16-13-7-10(18(20)21)3-4-12(13)15-5-6-19/h3-4,7-8,15-16,19H,2,5-6,9H2,1H3. The third kappa shape index (κ3) is 3.95. The summed E-state index contributed by atoms with van der Waals surface area (Å²) in [7, 11) is 0. The summed E-state index contributed by atoms with van der Waals surface area (Å²) in [6.45, 7) is 2.60. The lowest BCUT2D eigenvalue weighted by molar-refractivity contribution is -0.384. The topological polar surface area (TPSA) is 113 Å². The number of hydrogen-bond donors (Lipinski definition) is 3. The highest BCUT2D eigenvalue weighted by Crippen LogP contribution is 2.27. The molecular formula is C14H18N4O4. The first-order chi connectivity index (χ1) is 10.6. The number of aliphatic hydroxyl groups excluding tert-OH is 1. The number of benzene rings is 1. The Bertz CT molecular complexity index is 642. The van der Waals surface area contributed by atoms with Gasteiger partial charge >= 0.3 is 0 Å². The van der Waals surface area contributed by atoms with Crippen molar-refractivity contribution in [2.24, 2.45) is 0 Å². The number of aromatic nitrogens is 1. The highest BCUT2D eigenvalue weighted by atomic mass is 16.6. The molecule has 3 N–H and O–H groups in total. The Morgan fingerprint density at radius 3 is 2.82 bits per heavy atom. The SMILES string of the molecule is CCc1cnc(CNc2cc([N+](=O)[O-])ccc2NCCO)o1. The zero-order chi connectivity index (χ0) is 15.9. The van der Waals surface area contributed by atoms with Crippen molar-refractivity contribution in [1.82, 2.24) is 4.98 Å². The van der Waals surface area contributed by atoms with Crippen LogP contribution in [-0.4, -0.2) is 28.2 Å². The van der Waals surface area contributed by atoms with Gasteiger partial charge in [0.25, 0.3) is 5.69 Å². The number of oxazole rings is 1. The van der Waals surface area contributed by atoms with E-state index in [2.05, 4.69) is 15.6 Å². The predicted octanol–water partition coefficient (Wildman–Crippen LogP) is 2.16. The number of nitrogens with one attached hydrogen (secondary N) is 2. The van der Waals surface area contributed by atoms with Crippen molar-refractivity contribution in [3.63, 3.8) is 0 Å². The van der Waals surface area contributed by atoms with Gasteiger partial charge in [-0.05, 0) is 6.07 Å². The van der Waals surface area contributed by atoms with Crippen LogP contribution in [0.5, 0.6) is 0 Å². The molecule has 0 saturated heterocycles. The molecule has 0 aliphatic rings. The minimum atomic E-state index is -0.457. The molecule has 0 radical (unpaired) electrons. The highest BCUT2D eigenvalue weighted by Gasteiger charge is 2.11. The van der Waals surface area contributed by atoms with E-state index in [-0.39, 0.29) is 12.3 Å². The van der Waals surface area contributed by atoms with Crippen molar-refractivity contribution in [1.29, 1.82) is 0 Å². The van der Waals surface area contributed by atoms with E-state index in [1.165, 1.54) is 12.1 Å². The van der Waals surface area contributed by atoms with E-state index in [0.29, 0.717) is 30.4 Å². The molecule has 118 valence electrons. The average Bonchev–Trinajstić information content (AvgIpc) is 2.99. The second-order valence-corrected chi connectivity index (χ2v) is 4.56. The van der Waals surface area contributed by atoms with Crippen molar-refractivity contribution in [2.75, 3.05) is 23.8 Å². The van der Waals surface area contributed by atoms with Gasteiger partial charge in [-0.2, -0.15) is 0 Å². The van der Waals surface area contributed by atoms with Crippen LogP contribution in [0.3, 0.4) is 0 Å². The maximum Gasteiger partial charge on any atom is 0.271 e. The molecule has 1 aromatic carbocycles. The zero-order valence-electron chi connectivity index (χ0n) is 12.2. The predicted molar refractivity (Wildman–Crippen MR) is 81.9 cm³/mol. The molecular weight excluding hydrogens is 288 g/mol. The summed E-state index contributed by atoms with van der Waals surface area (Å²) in [4.78, 5) is 14.6. The number of non-ortho nitro benzene ring substituents is 1. The summed E-state index contributed by atoms with van der Waals surface area (Å²) in [5.74, 6) is 1.30. The van der Waals surface area contributed by atoms with Gasteiger partial charge in [-0.1, -0.05) is 6.92 Å². The van der Waals surface area contributed by atoms with E-state index in [1.54, 1.807) is 12.3 Å². The molecule has 1 heterocycles. The molecule has 0 fully saturated rings. The van der Waals surface area contributed by atoms with E-state index >= 15 is 0 Å². The van der Waals surface area contributed by atoms with Crippen LogP contribution >= 0.6 is 0 Å². The lowest BCUT2D eigenvalue weighted by Crippen LogP contribution is -2.09. The smallest absolute Gasteiger partial charge is 0.271 e. The molecule has 2 rings (SSSR count). The number of nitrogens with zero attached hydrogens (tertiary/aromatic N) is 2. The summed E-state index contributed by atoms with van der Waals surface area (Å²) in [6, 6.07) is 4.44. The quantitative estimate of drug-likeness (QED) is 0.506. The van der Waals surface area contributed by atoms with Gasteiger partial charge in [-0.25, -0.2) is 4.98 Å². The van der Waals surface area contributed by atoms with Crippen LogP contribution in [0.25, 0.3) is 0 Å². The van der Waals surface area contributed by atoms with Gasteiger partial charge < -0.3 is 20.2 Å². The van der Waals surface area contributed by atoms with Crippen LogP contribution in [-0.2, 0) is 13.0 Å². The molecule has 0 spiro atoms. The second kappa shape index (κ2) is 7.41. The Balaban J connectivity index is 2.14. The van der Waals surface area contributed by atoms with Crippen LogP contribution in [0.15, 0.2) is 28.8 Å². The molecule has 1 aromatic heterocycles. The van der Waals surface area contributed by atoms with Crippen molar-refractivity contribution in [2.45, 2.75) is 19.9 Å². The van der Waals surface area contributed by atoms with Crippen molar-refractivity contribution >= 4 is 17.1 Å². The van der Waals surface area contributed by atoms with Gasteiger partial charge in [0, 0.05) is 25.1 Å². The Labute approximate surface area is 127 Å². The molecule has 22 heavy (non-hydrogen) atoms. The third-order valence-corrected chi connectivity index (χ3v) is 3.02. The maximum atomic E-state index is 10.9. The number of aryl methyl sites for hydroxylation is 1. The Kier molecular flexibility index (Phi) is 5.31. The van der Waals surface area contributed by atoms with Gasteiger partial charge in [-0.15, -0.1) is 0 Å². The van der Waals surface area contributed by atoms with Crippen LogP contribution < -0.4 is 10.6 Å². The first-order valence-corrected chi connectivity index (χ1v) is 6.94. The van der Waals surface area contributed by atoms with E-state index in [1.807, 2.05) is 6.92 Å². The van der Waals surface area contributed by atoms with Crippen molar-refractivity contribution < 1.29 is 14.4 Å². The summed E-state index contributed by atoms with van der Waals surface area (Å²) in [5, 5.41) is 25.8. The van der Waals surface area contributed by atoms with E-state index in [9.17, 15) is 10.1 Å². The molecule has 0 amide bonds. The number of nitro groups is 1. The fourth-order valence-corrected chi connectivity index (χ4v) is 1.90. The maximum absolute atomic E-state index is 10.9. The zero-order valence-corrected chi connectivity index (χ0v) is 12.2. The minimum absolute atomic E-state index is 0.0151. The van der Waals surface area contributed by atoms with Crippen LogP contribution in [0.2, 0.25) is 0 Å². The summed E-state index contributed by atoms with van der Waals surface area (Å²) < 4.78 is 5.49. The van der Waals surface area contributed by atoms with Crippen molar-refractivity contribution in [3.8, 4) is 0 Å². The van der Waals surface area contributed by atoms with Gasteiger partial charge in [0.15, 0.2) is 0 Å². The Morgan fingerprint density at radius 2 is 2.18 bits per heavy atom. The highest BCUT2D eigenvalue weighted by molar-refractivity contribution is 5.71. The first kappa shape index (κ1) is 15.8. The van der Waals surface area contributed by atoms with Gasteiger partial charge in [0.1, 0.15) is 5.76 Å². The fraction of sp³-hybridized carbons (Fsp3) is 0.357. The van der Waals surface area contributed by atoms with E-state index in [0.717, 1.165) is 12.2 Å². The average molecular weight is 306 g/mol. The third-order valence-electron chi connectivity index (χ3n) is 3.02. The first-order valence-electron chi connectivity index (χ1n) is 6.94. The molecule has 8 nitrogen and oxygen atoms in total. The Hall–Kier alpha value is -2.61. The lowest BCUT2D eigenvalue weighted by atomic mass is 10.2. The lowest BCUT2D eigenvalue weighted by Gasteiger charge is -2.12. The number of aliphatic hydroxyl groups is 1. The van der Waals surface area contributed by atoms with Crippen LogP contribution in [0.4, 0.5) is 17.1 Å². The molecule has 0 unspecified atom stereocenters. The summed E-state index contributed by atoms with van der Waals surface area (Å²) in [6.07, 6.45) is 2.42. The number of hydrogen-bond acceptors (Lipinski definition) is 7. The molecule has 0 bridgehead atoms. The van der Waals surface area contributed by atoms with Crippen LogP contribution in [0, 0.1) is 10.1 Å². The molecule has 8 heteroatoms. The van der Waals surface area contributed by atoms with E-state index in [4.69, 9.17) is 9.52 Å². The molecule has 0 aliphatic heterocycles. The second-order valence-electron chi connectivity index (χ2n) is 4.56. The summed E-state index contributed by atoms with van der Waals surface area (Å²) >= 11 is 0. The molecule has 2 aromatic rings.